The summed E-state index contributed by atoms with van der Waals surface area (Å²) in [6.07, 6.45) is -0.910. The second kappa shape index (κ2) is 6.02. The van der Waals surface area contributed by atoms with Gasteiger partial charge >= 0.3 is 0 Å². The van der Waals surface area contributed by atoms with Crippen LogP contribution in [0.15, 0.2) is 46.0 Å². The number of sulfonamides is 1. The number of aliphatic hydroxyl groups excluding tert-OH is 1. The van der Waals surface area contributed by atoms with Crippen molar-refractivity contribution >= 4 is 33.0 Å². The predicted octanol–water partition coefficient (Wildman–Crippen LogP) is 2.41. The lowest BCUT2D eigenvalue weighted by Gasteiger charge is -2.12. The smallest absolute Gasteiger partial charge is 0.250 e. The number of thiophene rings is 1. The van der Waals surface area contributed by atoms with Gasteiger partial charge in [0.2, 0.25) is 10.0 Å². The van der Waals surface area contributed by atoms with Crippen molar-refractivity contribution in [3.63, 3.8) is 0 Å². The second-order valence-corrected chi connectivity index (χ2v) is 7.23. The third kappa shape index (κ3) is 3.77. The van der Waals surface area contributed by atoms with Crippen LogP contribution >= 0.6 is 22.9 Å². The monoisotopic (exact) mass is 317 g/mol. The highest BCUT2D eigenvalue weighted by Gasteiger charge is 2.17. The van der Waals surface area contributed by atoms with E-state index in [1.807, 2.05) is 0 Å². The van der Waals surface area contributed by atoms with Crippen molar-refractivity contribution in [3.05, 3.63) is 52.4 Å². The quantitative estimate of drug-likeness (QED) is 0.890. The Hall–Kier alpha value is -0.920. The molecule has 19 heavy (non-hydrogen) atoms. The Kier molecular flexibility index (Phi) is 4.59. The fourth-order valence-corrected chi connectivity index (χ4v) is 3.68. The number of hydrogen-bond acceptors (Lipinski definition) is 4. The third-order valence-electron chi connectivity index (χ3n) is 2.48. The highest BCUT2D eigenvalue weighted by molar-refractivity contribution is 7.91. The SMILES string of the molecule is O=S(=O)(NCC(O)c1ccc(Cl)cc1)c1cccs1. The minimum Gasteiger partial charge on any atom is -0.387 e. The van der Waals surface area contributed by atoms with Crippen molar-refractivity contribution in [1.82, 2.24) is 4.72 Å². The first-order valence-electron chi connectivity index (χ1n) is 5.46. The van der Waals surface area contributed by atoms with Crippen LogP contribution in [0.1, 0.15) is 11.7 Å². The summed E-state index contributed by atoms with van der Waals surface area (Å²) >= 11 is 6.87. The van der Waals surface area contributed by atoms with Crippen molar-refractivity contribution in [2.45, 2.75) is 10.3 Å². The molecule has 2 rings (SSSR count). The number of hydrogen-bond donors (Lipinski definition) is 2. The molecular weight excluding hydrogens is 306 g/mol. The molecule has 0 aliphatic carbocycles. The highest BCUT2D eigenvalue weighted by Crippen LogP contribution is 2.18. The van der Waals surface area contributed by atoms with Crippen LogP contribution in [0.5, 0.6) is 0 Å². The molecule has 102 valence electrons. The van der Waals surface area contributed by atoms with E-state index in [1.54, 1.807) is 35.7 Å². The topological polar surface area (TPSA) is 66.4 Å². The largest absolute Gasteiger partial charge is 0.387 e. The molecule has 0 aliphatic rings. The third-order valence-corrected chi connectivity index (χ3v) is 5.55. The molecule has 1 aromatic carbocycles. The molecule has 0 fully saturated rings. The number of benzene rings is 1. The Morgan fingerprint density at radius 1 is 1.26 bits per heavy atom. The second-order valence-electron chi connectivity index (χ2n) is 3.85. The van der Waals surface area contributed by atoms with Gasteiger partial charge in [0, 0.05) is 11.6 Å². The Labute approximate surface area is 120 Å². The molecule has 1 heterocycles. The van der Waals surface area contributed by atoms with Crippen LogP contribution in [0.25, 0.3) is 0 Å². The summed E-state index contributed by atoms with van der Waals surface area (Å²) < 4.78 is 26.3. The molecule has 4 nitrogen and oxygen atoms in total. The van der Waals surface area contributed by atoms with E-state index in [1.165, 1.54) is 6.07 Å². The summed E-state index contributed by atoms with van der Waals surface area (Å²) in [4.78, 5) is 0. The Morgan fingerprint density at radius 2 is 1.95 bits per heavy atom. The predicted molar refractivity (Wildman–Crippen MR) is 75.9 cm³/mol. The molecule has 0 radical (unpaired) electrons. The zero-order chi connectivity index (χ0) is 13.9. The van der Waals surface area contributed by atoms with Crippen molar-refractivity contribution in [2.24, 2.45) is 0 Å². The first-order chi connectivity index (χ1) is 8.99. The molecular formula is C12H12ClNO3S2. The van der Waals surface area contributed by atoms with Crippen LogP contribution in [-0.4, -0.2) is 20.1 Å². The van der Waals surface area contributed by atoms with E-state index in [0.717, 1.165) is 11.3 Å². The number of rotatable bonds is 5. The van der Waals surface area contributed by atoms with Gasteiger partial charge in [-0.15, -0.1) is 11.3 Å². The first kappa shape index (κ1) is 14.5. The van der Waals surface area contributed by atoms with E-state index < -0.39 is 16.1 Å². The molecule has 0 saturated carbocycles. The number of halogens is 1. The summed E-state index contributed by atoms with van der Waals surface area (Å²) in [6.45, 7) is -0.0815. The van der Waals surface area contributed by atoms with Gasteiger partial charge in [-0.2, -0.15) is 0 Å². The van der Waals surface area contributed by atoms with Crippen LogP contribution in [0.2, 0.25) is 5.02 Å². The van der Waals surface area contributed by atoms with Gasteiger partial charge in [0.25, 0.3) is 0 Å². The molecule has 0 bridgehead atoms. The molecule has 1 atom stereocenters. The van der Waals surface area contributed by atoms with Gasteiger partial charge in [0.1, 0.15) is 4.21 Å². The zero-order valence-electron chi connectivity index (χ0n) is 9.78. The van der Waals surface area contributed by atoms with E-state index in [2.05, 4.69) is 4.72 Å². The molecule has 7 heteroatoms. The van der Waals surface area contributed by atoms with Gasteiger partial charge in [0.05, 0.1) is 6.10 Å². The summed E-state index contributed by atoms with van der Waals surface area (Å²) in [5.41, 5.74) is 0.610. The molecule has 0 spiro atoms. The van der Waals surface area contributed by atoms with Gasteiger partial charge < -0.3 is 5.11 Å². The van der Waals surface area contributed by atoms with E-state index in [-0.39, 0.29) is 10.8 Å². The summed E-state index contributed by atoms with van der Waals surface area (Å²) in [7, 11) is -3.55. The van der Waals surface area contributed by atoms with Crippen molar-refractivity contribution in [1.29, 1.82) is 0 Å². The summed E-state index contributed by atoms with van der Waals surface area (Å²) in [5.74, 6) is 0. The minimum absolute atomic E-state index is 0.0815. The average molecular weight is 318 g/mol. The molecule has 1 unspecified atom stereocenters. The zero-order valence-corrected chi connectivity index (χ0v) is 12.2. The standard InChI is InChI=1S/C12H12ClNO3S2/c13-10-5-3-9(4-6-10)11(15)8-14-19(16,17)12-2-1-7-18-12/h1-7,11,14-15H,8H2. The van der Waals surface area contributed by atoms with Crippen molar-refractivity contribution in [2.75, 3.05) is 6.54 Å². The Balaban J connectivity index is 2.01. The minimum atomic E-state index is -3.55. The lowest BCUT2D eigenvalue weighted by molar-refractivity contribution is 0.182. The fraction of sp³-hybridized carbons (Fsp3) is 0.167. The van der Waals surface area contributed by atoms with Crippen LogP contribution < -0.4 is 4.72 Å². The van der Waals surface area contributed by atoms with Crippen molar-refractivity contribution in [3.8, 4) is 0 Å². The van der Waals surface area contributed by atoms with Crippen LogP contribution in [0.4, 0.5) is 0 Å². The number of aliphatic hydroxyl groups is 1. The molecule has 1 aromatic heterocycles. The van der Waals surface area contributed by atoms with E-state index >= 15 is 0 Å². The maximum atomic E-state index is 11.9. The van der Waals surface area contributed by atoms with Crippen molar-refractivity contribution < 1.29 is 13.5 Å². The Bertz CT molecular complexity index is 624. The number of nitrogens with one attached hydrogen (secondary N) is 1. The van der Waals surface area contributed by atoms with Gasteiger partial charge in [-0.1, -0.05) is 29.8 Å². The highest BCUT2D eigenvalue weighted by atomic mass is 35.5. The normalized spacial score (nSPS) is 13.4. The van der Waals surface area contributed by atoms with Crippen LogP contribution in [0, 0.1) is 0 Å². The molecule has 2 aromatic rings. The maximum absolute atomic E-state index is 11.9. The van der Waals surface area contributed by atoms with E-state index in [0.29, 0.717) is 10.6 Å². The van der Waals surface area contributed by atoms with Gasteiger partial charge in [-0.25, -0.2) is 13.1 Å². The fourth-order valence-electron chi connectivity index (χ4n) is 1.48. The first-order valence-corrected chi connectivity index (χ1v) is 8.20. The lowest BCUT2D eigenvalue weighted by atomic mass is 10.1. The van der Waals surface area contributed by atoms with E-state index in [4.69, 9.17) is 11.6 Å². The van der Waals surface area contributed by atoms with Gasteiger partial charge in [0.15, 0.2) is 0 Å². The average Bonchev–Trinajstić information content (AvgIpc) is 2.91. The summed E-state index contributed by atoms with van der Waals surface area (Å²) in [6, 6.07) is 9.79. The van der Waals surface area contributed by atoms with E-state index in [9.17, 15) is 13.5 Å². The Morgan fingerprint density at radius 3 is 2.53 bits per heavy atom. The van der Waals surface area contributed by atoms with Gasteiger partial charge in [-0.05, 0) is 29.1 Å². The maximum Gasteiger partial charge on any atom is 0.250 e. The van der Waals surface area contributed by atoms with Crippen LogP contribution in [0.3, 0.4) is 0 Å². The molecule has 0 aliphatic heterocycles. The molecule has 0 saturated heterocycles. The van der Waals surface area contributed by atoms with Gasteiger partial charge in [-0.3, -0.25) is 0 Å². The summed E-state index contributed by atoms with van der Waals surface area (Å²) in [5, 5.41) is 12.2. The molecule has 2 N–H and O–H groups in total. The lowest BCUT2D eigenvalue weighted by Crippen LogP contribution is -2.27. The molecule has 0 amide bonds. The van der Waals surface area contributed by atoms with Crippen LogP contribution in [-0.2, 0) is 10.0 Å².